The van der Waals surface area contributed by atoms with E-state index in [1.165, 1.54) is 18.5 Å². The molecule has 2 unspecified atom stereocenters. The second-order valence-corrected chi connectivity index (χ2v) is 3.86. The molecule has 1 aliphatic heterocycles. The fourth-order valence-corrected chi connectivity index (χ4v) is 2.07. The number of aromatic nitrogens is 3. The molecule has 1 aromatic rings. The summed E-state index contributed by atoms with van der Waals surface area (Å²) in [6.45, 7) is 3.34. The van der Waals surface area contributed by atoms with Crippen LogP contribution in [0.1, 0.15) is 31.4 Å². The molecule has 1 N–H and O–H groups in total. The molecule has 0 bridgehead atoms. The average Bonchev–Trinajstić information content (AvgIpc) is 2.51. The third-order valence-corrected chi connectivity index (χ3v) is 2.79. The second-order valence-electron chi connectivity index (χ2n) is 3.86. The Morgan fingerprint density at radius 3 is 3.08 bits per heavy atom. The molecule has 72 valence electrons. The summed E-state index contributed by atoms with van der Waals surface area (Å²) in [4.78, 5) is 0. The summed E-state index contributed by atoms with van der Waals surface area (Å²) >= 11 is 0. The first kappa shape index (κ1) is 8.69. The van der Waals surface area contributed by atoms with E-state index in [0.717, 1.165) is 6.54 Å². The fourth-order valence-electron chi connectivity index (χ4n) is 2.07. The van der Waals surface area contributed by atoms with Crippen LogP contribution in [0.2, 0.25) is 0 Å². The Hall–Kier alpha value is -0.900. The van der Waals surface area contributed by atoms with Gasteiger partial charge in [-0.2, -0.15) is 0 Å². The first-order chi connectivity index (χ1) is 6.27. The Bertz CT molecular complexity index is 281. The summed E-state index contributed by atoms with van der Waals surface area (Å²) in [5.41, 5.74) is 1.27. The van der Waals surface area contributed by atoms with Gasteiger partial charge < -0.3 is 5.32 Å². The summed E-state index contributed by atoms with van der Waals surface area (Å²) in [7, 11) is 1.97. The third kappa shape index (κ3) is 1.72. The van der Waals surface area contributed by atoms with Crippen molar-refractivity contribution in [2.24, 2.45) is 7.05 Å². The number of piperidine rings is 1. The maximum atomic E-state index is 3.96. The predicted molar refractivity (Wildman–Crippen MR) is 50.4 cm³/mol. The highest BCUT2D eigenvalue weighted by atomic mass is 15.4. The lowest BCUT2D eigenvalue weighted by Crippen LogP contribution is -2.35. The van der Waals surface area contributed by atoms with Gasteiger partial charge in [-0.25, -0.2) is 0 Å². The van der Waals surface area contributed by atoms with Crippen molar-refractivity contribution in [3.8, 4) is 0 Å². The molecule has 0 aromatic carbocycles. The number of hydrogen-bond acceptors (Lipinski definition) is 3. The van der Waals surface area contributed by atoms with Crippen LogP contribution in [0.3, 0.4) is 0 Å². The van der Waals surface area contributed by atoms with Gasteiger partial charge in [0.05, 0.1) is 11.9 Å². The Kier molecular flexibility index (Phi) is 2.31. The minimum atomic E-state index is 0.619. The first-order valence-electron chi connectivity index (χ1n) is 4.85. The molecule has 1 saturated heterocycles. The molecule has 0 aliphatic carbocycles. The number of nitrogens with one attached hydrogen (secondary N) is 1. The van der Waals surface area contributed by atoms with Crippen LogP contribution in [-0.4, -0.2) is 27.6 Å². The normalized spacial score (nSPS) is 29.1. The lowest BCUT2D eigenvalue weighted by molar-refractivity contribution is 0.369. The van der Waals surface area contributed by atoms with E-state index in [2.05, 4.69) is 22.6 Å². The molecule has 2 heterocycles. The van der Waals surface area contributed by atoms with Gasteiger partial charge in [-0.1, -0.05) is 5.21 Å². The van der Waals surface area contributed by atoms with Gasteiger partial charge >= 0.3 is 0 Å². The lowest BCUT2D eigenvalue weighted by Gasteiger charge is -2.27. The molecule has 13 heavy (non-hydrogen) atoms. The van der Waals surface area contributed by atoms with Crippen molar-refractivity contribution in [1.29, 1.82) is 0 Å². The molecule has 0 radical (unpaired) electrons. The highest BCUT2D eigenvalue weighted by molar-refractivity contribution is 5.05. The van der Waals surface area contributed by atoms with E-state index in [1.807, 2.05) is 17.9 Å². The van der Waals surface area contributed by atoms with Gasteiger partial charge in [0.25, 0.3) is 0 Å². The molecular weight excluding hydrogens is 164 g/mol. The quantitative estimate of drug-likeness (QED) is 0.690. The van der Waals surface area contributed by atoms with Crippen LogP contribution in [0.15, 0.2) is 6.20 Å². The molecule has 2 atom stereocenters. The number of nitrogens with zero attached hydrogens (tertiary/aromatic N) is 3. The SMILES string of the molecule is CC1CC(c2cnnn2C)CCN1. The fraction of sp³-hybridized carbons (Fsp3) is 0.778. The zero-order valence-corrected chi connectivity index (χ0v) is 8.20. The van der Waals surface area contributed by atoms with Gasteiger partial charge in [-0.05, 0) is 26.3 Å². The van der Waals surface area contributed by atoms with Crippen molar-refractivity contribution in [2.75, 3.05) is 6.54 Å². The standard InChI is InChI=1S/C9H16N4/c1-7-5-8(3-4-10-7)9-6-11-12-13(9)2/h6-8,10H,3-5H2,1-2H3. The number of aryl methyl sites for hydroxylation is 1. The zero-order valence-electron chi connectivity index (χ0n) is 8.20. The lowest BCUT2D eigenvalue weighted by atomic mass is 9.91. The highest BCUT2D eigenvalue weighted by Gasteiger charge is 2.22. The number of hydrogen-bond donors (Lipinski definition) is 1. The van der Waals surface area contributed by atoms with Gasteiger partial charge in [0.2, 0.25) is 0 Å². The van der Waals surface area contributed by atoms with E-state index in [0.29, 0.717) is 12.0 Å². The van der Waals surface area contributed by atoms with E-state index >= 15 is 0 Å². The topological polar surface area (TPSA) is 42.7 Å². The smallest absolute Gasteiger partial charge is 0.0727 e. The Morgan fingerprint density at radius 1 is 1.62 bits per heavy atom. The van der Waals surface area contributed by atoms with Crippen LogP contribution in [0.5, 0.6) is 0 Å². The van der Waals surface area contributed by atoms with Crippen LogP contribution in [0.25, 0.3) is 0 Å². The average molecular weight is 180 g/mol. The zero-order chi connectivity index (χ0) is 9.26. The van der Waals surface area contributed by atoms with Gasteiger partial charge in [0.1, 0.15) is 0 Å². The van der Waals surface area contributed by atoms with Crippen molar-refractivity contribution in [2.45, 2.75) is 31.7 Å². The Balaban J connectivity index is 2.12. The Labute approximate surface area is 78.3 Å². The first-order valence-corrected chi connectivity index (χ1v) is 4.85. The van der Waals surface area contributed by atoms with E-state index in [9.17, 15) is 0 Å². The van der Waals surface area contributed by atoms with Crippen molar-refractivity contribution in [3.05, 3.63) is 11.9 Å². The molecule has 1 aromatic heterocycles. The maximum absolute atomic E-state index is 3.96. The molecule has 1 fully saturated rings. The molecule has 4 heteroatoms. The number of rotatable bonds is 1. The van der Waals surface area contributed by atoms with Gasteiger partial charge in [-0.15, -0.1) is 5.10 Å². The van der Waals surface area contributed by atoms with Crippen LogP contribution < -0.4 is 5.32 Å². The summed E-state index contributed by atoms with van der Waals surface area (Å²) in [6, 6.07) is 0.619. The summed E-state index contributed by atoms with van der Waals surface area (Å²) in [5, 5.41) is 11.3. The van der Waals surface area contributed by atoms with Gasteiger partial charge in [-0.3, -0.25) is 4.68 Å². The van der Waals surface area contributed by atoms with Crippen LogP contribution in [-0.2, 0) is 7.05 Å². The molecule has 2 rings (SSSR count). The minimum absolute atomic E-state index is 0.619. The molecule has 0 amide bonds. The third-order valence-electron chi connectivity index (χ3n) is 2.79. The molecule has 1 aliphatic rings. The van der Waals surface area contributed by atoms with E-state index in [4.69, 9.17) is 0 Å². The molecule has 4 nitrogen and oxygen atoms in total. The van der Waals surface area contributed by atoms with Crippen LogP contribution in [0.4, 0.5) is 0 Å². The van der Waals surface area contributed by atoms with E-state index in [-0.39, 0.29) is 0 Å². The molecule has 0 saturated carbocycles. The Morgan fingerprint density at radius 2 is 2.46 bits per heavy atom. The van der Waals surface area contributed by atoms with Crippen molar-refractivity contribution in [1.82, 2.24) is 20.3 Å². The van der Waals surface area contributed by atoms with E-state index < -0.39 is 0 Å². The monoisotopic (exact) mass is 180 g/mol. The largest absolute Gasteiger partial charge is 0.314 e. The summed E-state index contributed by atoms with van der Waals surface area (Å²) in [6.07, 6.45) is 4.29. The molecular formula is C9H16N4. The highest BCUT2D eigenvalue weighted by Crippen LogP contribution is 2.26. The maximum Gasteiger partial charge on any atom is 0.0727 e. The van der Waals surface area contributed by atoms with Gasteiger partial charge in [0.15, 0.2) is 0 Å². The van der Waals surface area contributed by atoms with Crippen LogP contribution >= 0.6 is 0 Å². The predicted octanol–water partition coefficient (Wildman–Crippen LogP) is 0.671. The van der Waals surface area contributed by atoms with Crippen molar-refractivity contribution >= 4 is 0 Å². The van der Waals surface area contributed by atoms with E-state index in [1.54, 1.807) is 0 Å². The second kappa shape index (κ2) is 3.46. The van der Waals surface area contributed by atoms with Crippen molar-refractivity contribution in [3.63, 3.8) is 0 Å². The van der Waals surface area contributed by atoms with Crippen molar-refractivity contribution < 1.29 is 0 Å². The summed E-state index contributed by atoms with van der Waals surface area (Å²) < 4.78 is 1.89. The molecule has 0 spiro atoms. The minimum Gasteiger partial charge on any atom is -0.314 e. The van der Waals surface area contributed by atoms with Gasteiger partial charge in [0, 0.05) is 19.0 Å². The summed E-state index contributed by atoms with van der Waals surface area (Å²) in [5.74, 6) is 0.635. The van der Waals surface area contributed by atoms with Crippen LogP contribution in [0, 0.1) is 0 Å².